The minimum atomic E-state index is -3.88. The Hall–Kier alpha value is -2.92. The van der Waals surface area contributed by atoms with E-state index in [2.05, 4.69) is 15.6 Å². The molecule has 2 aromatic carbocycles. The average Bonchev–Trinajstić information content (AvgIpc) is 2.79. The van der Waals surface area contributed by atoms with Crippen LogP contribution in [0, 0.1) is 0 Å². The lowest BCUT2D eigenvalue weighted by atomic mass is 10.1. The van der Waals surface area contributed by atoms with E-state index in [1.165, 1.54) is 31.4 Å². The quantitative estimate of drug-likeness (QED) is 0.490. The smallest absolute Gasteiger partial charge is 0.337 e. The molecule has 3 N–H and O–H groups in total. The first-order valence-corrected chi connectivity index (χ1v) is 11.6. The summed E-state index contributed by atoms with van der Waals surface area (Å²) in [6.07, 6.45) is 0. The maximum atomic E-state index is 13.2. The van der Waals surface area contributed by atoms with E-state index in [1.54, 1.807) is 18.2 Å². The van der Waals surface area contributed by atoms with Crippen LogP contribution in [-0.4, -0.2) is 56.7 Å². The number of aromatic nitrogens is 1. The number of nitrogens with zero attached hydrogens (tertiary/aromatic N) is 1. The molecular formula is C21H20ClN3O6S. The Balaban J connectivity index is 1.87. The van der Waals surface area contributed by atoms with Crippen LogP contribution in [-0.2, 0) is 14.6 Å². The lowest BCUT2D eigenvalue weighted by Crippen LogP contribution is -2.46. The molecule has 1 unspecified atom stereocenters. The van der Waals surface area contributed by atoms with E-state index in [1.807, 2.05) is 0 Å². The number of aromatic carboxylic acids is 1. The lowest BCUT2D eigenvalue weighted by Gasteiger charge is -2.24. The molecule has 168 valence electrons. The number of carbonyl (C=O) groups is 1. The molecule has 0 amide bonds. The highest BCUT2D eigenvalue weighted by Gasteiger charge is 2.31. The van der Waals surface area contributed by atoms with Gasteiger partial charge >= 0.3 is 5.97 Å². The predicted molar refractivity (Wildman–Crippen MR) is 120 cm³/mol. The Morgan fingerprint density at radius 2 is 2.06 bits per heavy atom. The SMILES string of the molecule is COc1ccc(C(=O)O)c(Nc2cc(S(=O)(=O)C3COCCN3)nc3ccc(Cl)cc23)c1. The zero-order chi connectivity index (χ0) is 22.9. The molecule has 0 bridgehead atoms. The van der Waals surface area contributed by atoms with Crippen molar-refractivity contribution in [3.05, 3.63) is 53.1 Å². The second kappa shape index (κ2) is 8.91. The van der Waals surface area contributed by atoms with E-state index in [0.717, 1.165) is 0 Å². The van der Waals surface area contributed by atoms with E-state index in [9.17, 15) is 18.3 Å². The number of fused-ring (bicyclic) bond motifs is 1. The number of hydrogen-bond donors (Lipinski definition) is 3. The first kappa shape index (κ1) is 22.3. The molecule has 1 aromatic heterocycles. The van der Waals surface area contributed by atoms with Crippen LogP contribution in [0.3, 0.4) is 0 Å². The summed E-state index contributed by atoms with van der Waals surface area (Å²) in [5.41, 5.74) is 0.939. The first-order chi connectivity index (χ1) is 15.3. The number of rotatable bonds is 6. The molecule has 1 aliphatic heterocycles. The van der Waals surface area contributed by atoms with Gasteiger partial charge in [0.2, 0.25) is 9.84 Å². The molecule has 11 heteroatoms. The molecule has 3 aromatic rings. The molecule has 0 radical (unpaired) electrons. The van der Waals surface area contributed by atoms with Gasteiger partial charge in [0, 0.05) is 23.0 Å². The number of halogens is 1. The van der Waals surface area contributed by atoms with Crippen LogP contribution in [0.15, 0.2) is 47.5 Å². The van der Waals surface area contributed by atoms with E-state index in [0.29, 0.717) is 40.5 Å². The number of ether oxygens (including phenoxy) is 2. The number of hydrogen-bond acceptors (Lipinski definition) is 8. The molecule has 0 aliphatic carbocycles. The number of sulfone groups is 1. The first-order valence-electron chi connectivity index (χ1n) is 9.63. The van der Waals surface area contributed by atoms with Gasteiger partial charge in [-0.2, -0.15) is 0 Å². The monoisotopic (exact) mass is 477 g/mol. The molecule has 0 saturated carbocycles. The third kappa shape index (κ3) is 4.35. The third-order valence-corrected chi connectivity index (χ3v) is 7.11. The minimum absolute atomic E-state index is 0.00444. The highest BCUT2D eigenvalue weighted by molar-refractivity contribution is 7.92. The zero-order valence-electron chi connectivity index (χ0n) is 17.0. The van der Waals surface area contributed by atoms with Crippen LogP contribution in [0.25, 0.3) is 10.9 Å². The largest absolute Gasteiger partial charge is 0.497 e. The van der Waals surface area contributed by atoms with Crippen molar-refractivity contribution in [2.45, 2.75) is 10.4 Å². The molecule has 1 fully saturated rings. The Kier molecular flexibility index (Phi) is 6.20. The summed E-state index contributed by atoms with van der Waals surface area (Å²) in [4.78, 5) is 16.1. The minimum Gasteiger partial charge on any atom is -0.497 e. The average molecular weight is 478 g/mol. The van der Waals surface area contributed by atoms with Gasteiger partial charge in [0.1, 0.15) is 11.1 Å². The van der Waals surface area contributed by atoms with Crippen LogP contribution in [0.5, 0.6) is 5.75 Å². The van der Waals surface area contributed by atoms with E-state index < -0.39 is 21.2 Å². The predicted octanol–water partition coefficient (Wildman–Crippen LogP) is 3.06. The number of anilines is 2. The second-order valence-electron chi connectivity index (χ2n) is 7.07. The van der Waals surface area contributed by atoms with Crippen LogP contribution in [0.2, 0.25) is 5.02 Å². The van der Waals surface area contributed by atoms with Crippen LogP contribution >= 0.6 is 11.6 Å². The number of methoxy groups -OCH3 is 1. The van der Waals surface area contributed by atoms with E-state index in [4.69, 9.17) is 21.1 Å². The Morgan fingerprint density at radius 1 is 1.25 bits per heavy atom. The molecule has 1 aliphatic rings. The van der Waals surface area contributed by atoms with Crippen molar-refractivity contribution in [2.24, 2.45) is 0 Å². The van der Waals surface area contributed by atoms with Gasteiger partial charge in [0.05, 0.1) is 42.8 Å². The fourth-order valence-corrected chi connectivity index (χ4v) is 4.98. The van der Waals surface area contributed by atoms with Crippen molar-refractivity contribution in [1.29, 1.82) is 0 Å². The van der Waals surface area contributed by atoms with Gasteiger partial charge in [-0.3, -0.25) is 5.32 Å². The summed E-state index contributed by atoms with van der Waals surface area (Å²) >= 11 is 6.16. The van der Waals surface area contributed by atoms with Crippen LogP contribution in [0.4, 0.5) is 11.4 Å². The van der Waals surface area contributed by atoms with Gasteiger partial charge in [0.15, 0.2) is 5.03 Å². The standard InChI is InChI=1S/C21H20ClN3O6S/c1-30-13-3-4-14(21(26)27)17(9-13)24-18-10-19(25-16-5-2-12(22)8-15(16)18)32(28,29)20-11-31-7-6-23-20/h2-5,8-10,20,23H,6-7,11H2,1H3,(H,24,25)(H,26,27). The van der Waals surface area contributed by atoms with Crippen molar-refractivity contribution in [3.8, 4) is 5.75 Å². The van der Waals surface area contributed by atoms with Crippen molar-refractivity contribution in [2.75, 3.05) is 32.2 Å². The summed E-state index contributed by atoms with van der Waals surface area (Å²) in [6.45, 7) is 0.838. The summed E-state index contributed by atoms with van der Waals surface area (Å²) in [7, 11) is -2.42. The molecule has 9 nitrogen and oxygen atoms in total. The summed E-state index contributed by atoms with van der Waals surface area (Å²) in [5.74, 6) is -0.715. The number of morpholine rings is 1. The van der Waals surface area contributed by atoms with Crippen molar-refractivity contribution in [1.82, 2.24) is 10.3 Å². The van der Waals surface area contributed by atoms with Crippen LogP contribution < -0.4 is 15.4 Å². The molecule has 1 atom stereocenters. The summed E-state index contributed by atoms with van der Waals surface area (Å²) in [5, 5.41) is 15.4. The molecule has 32 heavy (non-hydrogen) atoms. The van der Waals surface area contributed by atoms with Crippen molar-refractivity contribution < 1.29 is 27.8 Å². The fourth-order valence-electron chi connectivity index (χ4n) is 3.39. The zero-order valence-corrected chi connectivity index (χ0v) is 18.5. The highest BCUT2D eigenvalue weighted by Crippen LogP contribution is 2.33. The normalized spacial score (nSPS) is 16.6. The Labute approximate surface area is 189 Å². The Morgan fingerprint density at radius 3 is 2.75 bits per heavy atom. The summed E-state index contributed by atoms with van der Waals surface area (Å²) < 4.78 is 36.9. The van der Waals surface area contributed by atoms with Gasteiger partial charge in [-0.1, -0.05) is 11.6 Å². The topological polar surface area (TPSA) is 127 Å². The number of carboxylic acids is 1. The maximum Gasteiger partial charge on any atom is 0.337 e. The fraction of sp³-hybridized carbons (Fsp3) is 0.238. The summed E-state index contributed by atoms with van der Waals surface area (Å²) in [6, 6.07) is 10.7. The number of carboxylic acid groups (broad SMARTS) is 1. The Bertz CT molecular complexity index is 1290. The van der Waals surface area contributed by atoms with Crippen molar-refractivity contribution >= 4 is 49.7 Å². The third-order valence-electron chi connectivity index (χ3n) is 5.03. The number of nitrogens with one attached hydrogen (secondary N) is 2. The highest BCUT2D eigenvalue weighted by atomic mass is 35.5. The van der Waals surface area contributed by atoms with Crippen LogP contribution in [0.1, 0.15) is 10.4 Å². The molecule has 1 saturated heterocycles. The van der Waals surface area contributed by atoms with Gasteiger partial charge in [-0.25, -0.2) is 18.2 Å². The van der Waals surface area contributed by atoms with Gasteiger partial charge in [-0.05, 0) is 36.4 Å². The number of pyridine rings is 1. The van der Waals surface area contributed by atoms with E-state index in [-0.39, 0.29) is 22.9 Å². The molecule has 4 rings (SSSR count). The maximum absolute atomic E-state index is 13.2. The van der Waals surface area contributed by atoms with Gasteiger partial charge < -0.3 is 19.9 Å². The van der Waals surface area contributed by atoms with Gasteiger partial charge in [0.25, 0.3) is 0 Å². The second-order valence-corrected chi connectivity index (χ2v) is 9.59. The molecule has 0 spiro atoms. The number of benzene rings is 2. The molecule has 2 heterocycles. The lowest BCUT2D eigenvalue weighted by molar-refractivity contribution is 0.0698. The van der Waals surface area contributed by atoms with E-state index >= 15 is 0 Å². The molecular weight excluding hydrogens is 458 g/mol. The van der Waals surface area contributed by atoms with Gasteiger partial charge in [-0.15, -0.1) is 0 Å². The van der Waals surface area contributed by atoms with Crippen molar-refractivity contribution in [3.63, 3.8) is 0 Å².